The molecule has 0 aromatic heterocycles. The first-order chi connectivity index (χ1) is 16.2. The van der Waals surface area contributed by atoms with Crippen LogP contribution in [-0.4, -0.2) is 67.8 Å². The van der Waals surface area contributed by atoms with Crippen LogP contribution in [0.1, 0.15) is 33.6 Å². The lowest BCUT2D eigenvalue weighted by atomic mass is 9.70. The number of amides is 3. The molecule has 0 radical (unpaired) electrons. The SMILES string of the molecule is CCCNC(=O)[C@H]1[C@@H]2SC3(CC2Br)C(C(=O)Nc2ccc(Cl)cc2)N([C@@H](CO)C(C)C)C(=O)[C@H]13. The summed E-state index contributed by atoms with van der Waals surface area (Å²) in [4.78, 5) is 42.6. The van der Waals surface area contributed by atoms with E-state index in [0.29, 0.717) is 23.7 Å². The van der Waals surface area contributed by atoms with E-state index in [1.165, 1.54) is 0 Å². The predicted octanol–water partition coefficient (Wildman–Crippen LogP) is 3.29. The van der Waals surface area contributed by atoms with Crippen LogP contribution in [0.15, 0.2) is 24.3 Å². The van der Waals surface area contributed by atoms with Crippen molar-refractivity contribution in [3.8, 4) is 0 Å². The molecule has 1 aromatic rings. The standard InChI is InChI=1S/C24H31BrClN3O4S/c1-4-9-27-21(31)17-18-23(33)29(16(11-30)12(2)3)20(24(18)10-15(25)19(17)34-24)22(32)28-14-7-5-13(26)6-8-14/h5-8,12,15-20,30H,4,9-11H2,1-3H3,(H,27,31)(H,28,32)/t15?,16-,17+,18-,19+,20?,24?/m0/s1. The summed E-state index contributed by atoms with van der Waals surface area (Å²) in [6.07, 6.45) is 1.40. The number of halogens is 2. The molecule has 1 spiro atoms. The van der Waals surface area contributed by atoms with Crippen LogP contribution in [0.3, 0.4) is 0 Å². The molecule has 3 N–H and O–H groups in total. The number of nitrogens with zero attached hydrogens (tertiary/aromatic N) is 1. The highest BCUT2D eigenvalue weighted by Gasteiger charge is 2.76. The summed E-state index contributed by atoms with van der Waals surface area (Å²) >= 11 is 11.3. The Bertz CT molecular complexity index is 964. The number of fused-ring (bicyclic) bond motifs is 1. The van der Waals surface area contributed by atoms with Gasteiger partial charge in [0.2, 0.25) is 17.7 Å². The van der Waals surface area contributed by atoms with E-state index in [4.69, 9.17) is 11.6 Å². The molecule has 1 aromatic carbocycles. The fourth-order valence-electron chi connectivity index (χ4n) is 5.75. The van der Waals surface area contributed by atoms with Gasteiger partial charge in [0.05, 0.1) is 29.2 Å². The third-order valence-electron chi connectivity index (χ3n) is 7.25. The van der Waals surface area contributed by atoms with Gasteiger partial charge >= 0.3 is 0 Å². The summed E-state index contributed by atoms with van der Waals surface area (Å²) in [6.45, 7) is 6.13. The van der Waals surface area contributed by atoms with Crippen LogP contribution in [-0.2, 0) is 14.4 Å². The molecule has 3 fully saturated rings. The molecule has 0 saturated carbocycles. The van der Waals surface area contributed by atoms with Gasteiger partial charge in [0, 0.05) is 27.3 Å². The average molecular weight is 573 g/mol. The minimum absolute atomic E-state index is 0.0105. The van der Waals surface area contributed by atoms with Gasteiger partial charge in [0.1, 0.15) is 6.04 Å². The van der Waals surface area contributed by atoms with Crippen LogP contribution in [0.25, 0.3) is 0 Å². The zero-order valence-electron chi connectivity index (χ0n) is 19.5. The zero-order valence-corrected chi connectivity index (χ0v) is 22.6. The number of benzene rings is 1. The largest absolute Gasteiger partial charge is 0.394 e. The summed E-state index contributed by atoms with van der Waals surface area (Å²) < 4.78 is -0.747. The van der Waals surface area contributed by atoms with Gasteiger partial charge in [-0.05, 0) is 43.0 Å². The van der Waals surface area contributed by atoms with Crippen LogP contribution >= 0.6 is 39.3 Å². The van der Waals surface area contributed by atoms with E-state index in [1.807, 2.05) is 20.8 Å². The number of aliphatic hydroxyl groups is 1. The maximum Gasteiger partial charge on any atom is 0.248 e. The van der Waals surface area contributed by atoms with E-state index in [-0.39, 0.29) is 40.3 Å². The summed E-state index contributed by atoms with van der Waals surface area (Å²) in [6, 6.07) is 5.49. The van der Waals surface area contributed by atoms with Crippen molar-refractivity contribution >= 4 is 62.7 Å². The first-order valence-corrected chi connectivity index (χ1v) is 13.9. The highest BCUT2D eigenvalue weighted by molar-refractivity contribution is 9.09. The maximum atomic E-state index is 14.0. The predicted molar refractivity (Wildman–Crippen MR) is 138 cm³/mol. The molecule has 3 aliphatic rings. The number of carbonyl (C=O) groups excluding carboxylic acids is 3. The van der Waals surface area contributed by atoms with Gasteiger partial charge in [-0.1, -0.05) is 48.3 Å². The molecule has 7 atom stereocenters. The van der Waals surface area contributed by atoms with Gasteiger partial charge in [-0.2, -0.15) is 0 Å². The Morgan fingerprint density at radius 1 is 1.29 bits per heavy atom. The Morgan fingerprint density at radius 2 is 1.97 bits per heavy atom. The van der Waals surface area contributed by atoms with E-state index in [1.54, 1.807) is 40.9 Å². The van der Waals surface area contributed by atoms with Gasteiger partial charge in [-0.25, -0.2) is 0 Å². The van der Waals surface area contributed by atoms with E-state index in [2.05, 4.69) is 26.6 Å². The maximum absolute atomic E-state index is 14.0. The molecule has 4 rings (SSSR count). The average Bonchev–Trinajstić information content (AvgIpc) is 3.38. The van der Waals surface area contributed by atoms with Gasteiger partial charge in [0.15, 0.2) is 0 Å². The van der Waals surface area contributed by atoms with E-state index >= 15 is 0 Å². The fourth-order valence-corrected chi connectivity index (χ4v) is 9.48. The van der Waals surface area contributed by atoms with Crippen molar-refractivity contribution in [3.63, 3.8) is 0 Å². The first kappa shape index (κ1) is 25.8. The molecule has 10 heteroatoms. The van der Waals surface area contributed by atoms with Crippen molar-refractivity contribution in [3.05, 3.63) is 29.3 Å². The second-order valence-corrected chi connectivity index (χ2v) is 12.8. The molecule has 3 amide bonds. The van der Waals surface area contributed by atoms with Gasteiger partial charge < -0.3 is 20.6 Å². The van der Waals surface area contributed by atoms with Crippen molar-refractivity contribution in [2.24, 2.45) is 17.8 Å². The van der Waals surface area contributed by atoms with Crippen molar-refractivity contribution in [2.45, 2.75) is 60.5 Å². The molecule has 34 heavy (non-hydrogen) atoms. The summed E-state index contributed by atoms with van der Waals surface area (Å²) in [5.41, 5.74) is 0.580. The highest BCUT2D eigenvalue weighted by atomic mass is 79.9. The molecule has 186 valence electrons. The normalized spacial score (nSPS) is 32.7. The topological polar surface area (TPSA) is 98.7 Å². The number of rotatable bonds is 8. The van der Waals surface area contributed by atoms with E-state index in [0.717, 1.165) is 6.42 Å². The second-order valence-electron chi connectivity index (χ2n) is 9.69. The molecule has 2 bridgehead atoms. The zero-order chi connectivity index (χ0) is 24.8. The Balaban J connectivity index is 1.75. The number of hydrogen-bond donors (Lipinski definition) is 3. The third kappa shape index (κ3) is 4.16. The second kappa shape index (κ2) is 9.99. The number of carbonyl (C=O) groups is 3. The van der Waals surface area contributed by atoms with Crippen LogP contribution in [0.4, 0.5) is 5.69 Å². The highest BCUT2D eigenvalue weighted by Crippen LogP contribution is 2.68. The van der Waals surface area contributed by atoms with Crippen molar-refractivity contribution in [2.75, 3.05) is 18.5 Å². The Hall–Kier alpha value is -1.29. The molecular weight excluding hydrogens is 542 g/mol. The minimum atomic E-state index is -0.806. The summed E-state index contributed by atoms with van der Waals surface area (Å²) in [7, 11) is 0. The Labute approximate surface area is 217 Å². The van der Waals surface area contributed by atoms with Gasteiger partial charge in [-0.3, -0.25) is 14.4 Å². The van der Waals surface area contributed by atoms with Crippen molar-refractivity contribution in [1.82, 2.24) is 10.2 Å². The van der Waals surface area contributed by atoms with Crippen molar-refractivity contribution in [1.29, 1.82) is 0 Å². The number of aliphatic hydroxyl groups excluding tert-OH is 1. The molecule has 3 heterocycles. The van der Waals surface area contributed by atoms with Gasteiger partial charge in [-0.15, -0.1) is 11.8 Å². The molecule has 7 nitrogen and oxygen atoms in total. The number of anilines is 1. The number of alkyl halides is 1. The Morgan fingerprint density at radius 3 is 2.56 bits per heavy atom. The minimum Gasteiger partial charge on any atom is -0.394 e. The quantitative estimate of drug-likeness (QED) is 0.415. The van der Waals surface area contributed by atoms with Gasteiger partial charge in [0.25, 0.3) is 0 Å². The van der Waals surface area contributed by atoms with E-state index < -0.39 is 28.7 Å². The summed E-state index contributed by atoms with van der Waals surface area (Å²) in [5.74, 6) is -1.85. The number of likely N-dealkylation sites (tertiary alicyclic amines) is 1. The molecule has 0 aliphatic carbocycles. The lowest BCUT2D eigenvalue weighted by Gasteiger charge is -2.38. The van der Waals surface area contributed by atoms with Crippen LogP contribution in [0.2, 0.25) is 5.02 Å². The smallest absolute Gasteiger partial charge is 0.248 e. The Kier molecular flexibility index (Phi) is 7.58. The fraction of sp³-hybridized carbons (Fsp3) is 0.625. The lowest BCUT2D eigenvalue weighted by Crippen LogP contribution is -2.56. The number of hydrogen-bond acceptors (Lipinski definition) is 5. The van der Waals surface area contributed by atoms with Crippen LogP contribution < -0.4 is 10.6 Å². The molecule has 3 unspecified atom stereocenters. The first-order valence-electron chi connectivity index (χ1n) is 11.7. The molecule has 3 aliphatic heterocycles. The lowest BCUT2D eigenvalue weighted by molar-refractivity contribution is -0.142. The summed E-state index contributed by atoms with van der Waals surface area (Å²) in [5, 5.41) is 16.6. The monoisotopic (exact) mass is 571 g/mol. The molecule has 3 saturated heterocycles. The van der Waals surface area contributed by atoms with Crippen LogP contribution in [0.5, 0.6) is 0 Å². The molecular formula is C24H31BrClN3O4S. The van der Waals surface area contributed by atoms with Crippen LogP contribution in [0, 0.1) is 17.8 Å². The van der Waals surface area contributed by atoms with Crippen molar-refractivity contribution < 1.29 is 19.5 Å². The van der Waals surface area contributed by atoms with E-state index in [9.17, 15) is 19.5 Å². The number of thioether (sulfide) groups is 1. The number of nitrogens with one attached hydrogen (secondary N) is 2. The third-order valence-corrected chi connectivity index (χ3v) is 10.7.